The highest BCUT2D eigenvalue weighted by Crippen LogP contribution is 2.41. The molecule has 5 rings (SSSR count). The molecule has 1 fully saturated rings. The summed E-state index contributed by atoms with van der Waals surface area (Å²) in [5.41, 5.74) is 3.86. The standard InChI is InChI=1S/C25H28F3N5OS/c1-14-15(4-5-19-20(14)24(2,3)23(34)32-19)12-33-8-6-16(7-9-33)31-21-18-10-17(11-25(26,27)28)35-22(18)30-13-29-21/h4-5,10,13,16H,6-9,11-12H2,1-3H3,(H,32,34)(H,29,30,31). The van der Waals surface area contributed by atoms with E-state index in [1.807, 2.05) is 19.9 Å². The van der Waals surface area contributed by atoms with Crippen molar-refractivity contribution in [1.82, 2.24) is 14.9 Å². The van der Waals surface area contributed by atoms with Crippen LogP contribution >= 0.6 is 11.3 Å². The average molecular weight is 504 g/mol. The van der Waals surface area contributed by atoms with Crippen LogP contribution in [-0.4, -0.2) is 46.1 Å². The van der Waals surface area contributed by atoms with E-state index < -0.39 is 18.0 Å². The first-order chi connectivity index (χ1) is 16.5. The van der Waals surface area contributed by atoms with Crippen molar-refractivity contribution in [3.05, 3.63) is 46.1 Å². The number of aromatic nitrogens is 2. The van der Waals surface area contributed by atoms with Gasteiger partial charge in [0.25, 0.3) is 0 Å². The van der Waals surface area contributed by atoms with Crippen molar-refractivity contribution in [2.75, 3.05) is 23.7 Å². The Balaban J connectivity index is 1.23. The molecule has 0 bridgehead atoms. The summed E-state index contributed by atoms with van der Waals surface area (Å²) in [6.45, 7) is 8.63. The maximum absolute atomic E-state index is 12.8. The number of anilines is 2. The molecule has 10 heteroatoms. The van der Waals surface area contributed by atoms with Gasteiger partial charge in [-0.25, -0.2) is 9.97 Å². The molecule has 0 aliphatic carbocycles. The van der Waals surface area contributed by atoms with Crippen LogP contribution in [-0.2, 0) is 23.2 Å². The zero-order chi connectivity index (χ0) is 25.0. The lowest BCUT2D eigenvalue weighted by Gasteiger charge is -2.33. The minimum atomic E-state index is -4.24. The van der Waals surface area contributed by atoms with Crippen LogP contribution in [0.25, 0.3) is 10.2 Å². The predicted molar refractivity (Wildman–Crippen MR) is 132 cm³/mol. The molecule has 2 aliphatic heterocycles. The molecular weight excluding hydrogens is 475 g/mol. The average Bonchev–Trinajstić information content (AvgIpc) is 3.28. The van der Waals surface area contributed by atoms with Gasteiger partial charge in [-0.2, -0.15) is 13.2 Å². The lowest BCUT2D eigenvalue weighted by Crippen LogP contribution is -2.39. The summed E-state index contributed by atoms with van der Waals surface area (Å²) in [5.74, 6) is 0.640. The fourth-order valence-corrected chi connectivity index (χ4v) is 6.23. The van der Waals surface area contributed by atoms with Crippen molar-refractivity contribution in [2.24, 2.45) is 0 Å². The number of rotatable bonds is 5. The van der Waals surface area contributed by atoms with Gasteiger partial charge in [0.2, 0.25) is 5.91 Å². The molecule has 0 spiro atoms. The quantitative estimate of drug-likeness (QED) is 0.487. The molecule has 4 heterocycles. The van der Waals surface area contributed by atoms with Gasteiger partial charge in [-0.3, -0.25) is 9.69 Å². The zero-order valence-corrected chi connectivity index (χ0v) is 20.7. The van der Waals surface area contributed by atoms with E-state index in [1.54, 1.807) is 6.07 Å². The normalized spacial score (nSPS) is 18.6. The molecule has 35 heavy (non-hydrogen) atoms. The summed E-state index contributed by atoms with van der Waals surface area (Å²) < 4.78 is 38.4. The van der Waals surface area contributed by atoms with E-state index in [-0.39, 0.29) is 16.8 Å². The highest BCUT2D eigenvalue weighted by molar-refractivity contribution is 7.18. The summed E-state index contributed by atoms with van der Waals surface area (Å²) in [6, 6.07) is 5.86. The van der Waals surface area contributed by atoms with Gasteiger partial charge in [0.05, 0.1) is 17.2 Å². The van der Waals surface area contributed by atoms with Gasteiger partial charge in [-0.05, 0) is 62.4 Å². The summed E-state index contributed by atoms with van der Waals surface area (Å²) >= 11 is 1.07. The molecule has 2 aliphatic rings. The molecular formula is C25H28F3N5OS. The Morgan fingerprint density at radius 3 is 2.69 bits per heavy atom. The minimum Gasteiger partial charge on any atom is -0.367 e. The number of fused-ring (bicyclic) bond motifs is 2. The van der Waals surface area contributed by atoms with Crippen molar-refractivity contribution in [3.8, 4) is 0 Å². The van der Waals surface area contributed by atoms with E-state index in [0.29, 0.717) is 16.0 Å². The smallest absolute Gasteiger partial charge is 0.367 e. The molecule has 0 unspecified atom stereocenters. The number of hydrogen-bond acceptors (Lipinski definition) is 6. The van der Waals surface area contributed by atoms with Gasteiger partial charge in [0, 0.05) is 36.2 Å². The molecule has 186 valence electrons. The van der Waals surface area contributed by atoms with Gasteiger partial charge in [-0.15, -0.1) is 11.3 Å². The Hall–Kier alpha value is -2.72. The van der Waals surface area contributed by atoms with Crippen LogP contribution in [0.2, 0.25) is 0 Å². The van der Waals surface area contributed by atoms with Crippen molar-refractivity contribution in [3.63, 3.8) is 0 Å². The molecule has 1 aromatic carbocycles. The third-order valence-corrected chi connectivity index (χ3v) is 8.14. The Morgan fingerprint density at radius 2 is 1.97 bits per heavy atom. The van der Waals surface area contributed by atoms with E-state index in [1.165, 1.54) is 17.5 Å². The van der Waals surface area contributed by atoms with Gasteiger partial charge in [0.1, 0.15) is 17.0 Å². The van der Waals surface area contributed by atoms with Crippen LogP contribution in [0.4, 0.5) is 24.7 Å². The Bertz CT molecular complexity index is 1280. The number of carbonyl (C=O) groups is 1. The fraction of sp³-hybridized carbons (Fsp3) is 0.480. The number of amides is 1. The van der Waals surface area contributed by atoms with Crippen molar-refractivity contribution in [1.29, 1.82) is 0 Å². The summed E-state index contributed by atoms with van der Waals surface area (Å²) in [6.07, 6.45) is -1.98. The van der Waals surface area contributed by atoms with Crippen LogP contribution in [0.15, 0.2) is 24.5 Å². The van der Waals surface area contributed by atoms with Crippen molar-refractivity contribution >= 4 is 39.0 Å². The highest BCUT2D eigenvalue weighted by atomic mass is 32.1. The number of likely N-dealkylation sites (tertiary alicyclic amines) is 1. The monoisotopic (exact) mass is 503 g/mol. The first-order valence-corrected chi connectivity index (χ1v) is 12.6. The Morgan fingerprint density at radius 1 is 1.23 bits per heavy atom. The molecule has 6 nitrogen and oxygen atoms in total. The summed E-state index contributed by atoms with van der Waals surface area (Å²) in [7, 11) is 0. The molecule has 1 amide bonds. The zero-order valence-electron chi connectivity index (χ0n) is 19.9. The fourth-order valence-electron chi connectivity index (χ4n) is 5.20. The lowest BCUT2D eigenvalue weighted by atomic mass is 9.82. The number of halogens is 3. The number of piperidine rings is 1. The second kappa shape index (κ2) is 8.74. The third kappa shape index (κ3) is 4.73. The first-order valence-electron chi connectivity index (χ1n) is 11.7. The van der Waals surface area contributed by atoms with Crippen LogP contribution in [0.5, 0.6) is 0 Å². The third-order valence-electron chi connectivity index (χ3n) is 7.10. The highest BCUT2D eigenvalue weighted by Gasteiger charge is 2.40. The number of alkyl halides is 3. The molecule has 0 atom stereocenters. The second-order valence-electron chi connectivity index (χ2n) is 9.99. The molecule has 3 aromatic rings. The van der Waals surface area contributed by atoms with Gasteiger partial charge in [-0.1, -0.05) is 6.07 Å². The molecule has 2 aromatic heterocycles. The molecule has 1 saturated heterocycles. The van der Waals surface area contributed by atoms with Gasteiger partial charge < -0.3 is 10.6 Å². The van der Waals surface area contributed by atoms with E-state index >= 15 is 0 Å². The SMILES string of the molecule is Cc1c(CN2CCC(Nc3ncnc4sc(CC(F)(F)F)cc34)CC2)ccc2c1C(C)(C)C(=O)N2. The molecule has 0 saturated carbocycles. The predicted octanol–water partition coefficient (Wildman–Crippen LogP) is 5.41. The molecule has 2 N–H and O–H groups in total. The van der Waals surface area contributed by atoms with Crippen molar-refractivity contribution in [2.45, 2.75) is 64.2 Å². The number of nitrogens with zero attached hydrogens (tertiary/aromatic N) is 3. The Labute approximate surface area is 206 Å². The van der Waals surface area contributed by atoms with Crippen LogP contribution < -0.4 is 10.6 Å². The summed E-state index contributed by atoms with van der Waals surface area (Å²) in [4.78, 5) is 24.1. The van der Waals surface area contributed by atoms with Crippen LogP contribution in [0.3, 0.4) is 0 Å². The first kappa shape index (κ1) is 24.0. The number of carbonyl (C=O) groups excluding carboxylic acids is 1. The largest absolute Gasteiger partial charge is 0.393 e. The number of benzene rings is 1. The van der Waals surface area contributed by atoms with E-state index in [0.717, 1.165) is 55.1 Å². The number of hydrogen-bond donors (Lipinski definition) is 2. The van der Waals surface area contributed by atoms with E-state index in [2.05, 4.69) is 38.5 Å². The van der Waals surface area contributed by atoms with E-state index in [4.69, 9.17) is 0 Å². The maximum Gasteiger partial charge on any atom is 0.393 e. The van der Waals surface area contributed by atoms with Gasteiger partial charge >= 0.3 is 6.18 Å². The minimum absolute atomic E-state index is 0.0367. The van der Waals surface area contributed by atoms with Crippen LogP contribution in [0.1, 0.15) is 48.3 Å². The lowest BCUT2D eigenvalue weighted by molar-refractivity contribution is -0.126. The maximum atomic E-state index is 12.8. The van der Waals surface area contributed by atoms with E-state index in [9.17, 15) is 18.0 Å². The van der Waals surface area contributed by atoms with Crippen molar-refractivity contribution < 1.29 is 18.0 Å². The Kier molecular flexibility index (Phi) is 5.99. The second-order valence-corrected chi connectivity index (χ2v) is 11.1. The molecule has 0 radical (unpaired) electrons. The summed E-state index contributed by atoms with van der Waals surface area (Å²) in [5, 5.41) is 7.09. The van der Waals surface area contributed by atoms with Gasteiger partial charge in [0.15, 0.2) is 0 Å². The number of thiophene rings is 1. The number of nitrogens with one attached hydrogen (secondary N) is 2. The topological polar surface area (TPSA) is 70.1 Å². The van der Waals surface area contributed by atoms with Crippen LogP contribution in [0, 0.1) is 6.92 Å².